The lowest BCUT2D eigenvalue weighted by atomic mass is 9.99. The summed E-state index contributed by atoms with van der Waals surface area (Å²) in [4.78, 5) is 10.2. The van der Waals surface area contributed by atoms with Gasteiger partial charge >= 0.3 is 0 Å². The molecule has 0 unspecified atom stereocenters. The zero-order valence-electron chi connectivity index (χ0n) is 10.5. The topological polar surface area (TPSA) is 67.5 Å². The SMILES string of the molecule is CC(C)(C)C(Cl)=NNc1cc([N+](=O)[O-])c(Cl)cc1Cl. The molecule has 104 valence electrons. The van der Waals surface area contributed by atoms with Gasteiger partial charge < -0.3 is 0 Å². The van der Waals surface area contributed by atoms with Crippen LogP contribution in [0.2, 0.25) is 10.0 Å². The van der Waals surface area contributed by atoms with Crippen LogP contribution in [0.5, 0.6) is 0 Å². The molecule has 0 atom stereocenters. The zero-order valence-corrected chi connectivity index (χ0v) is 12.8. The largest absolute Gasteiger partial charge is 0.290 e. The minimum atomic E-state index is -0.598. The molecule has 19 heavy (non-hydrogen) atoms. The maximum atomic E-state index is 10.8. The van der Waals surface area contributed by atoms with Crippen LogP contribution in [0.25, 0.3) is 0 Å². The van der Waals surface area contributed by atoms with Crippen LogP contribution in [0.15, 0.2) is 17.2 Å². The Hall–Kier alpha value is -1.04. The van der Waals surface area contributed by atoms with E-state index in [0.717, 1.165) is 0 Å². The Morgan fingerprint density at radius 1 is 1.32 bits per heavy atom. The van der Waals surface area contributed by atoms with Gasteiger partial charge in [-0.25, -0.2) is 0 Å². The van der Waals surface area contributed by atoms with Crippen molar-refractivity contribution in [2.24, 2.45) is 10.5 Å². The number of hydrogen-bond acceptors (Lipinski definition) is 4. The Morgan fingerprint density at radius 3 is 2.37 bits per heavy atom. The summed E-state index contributed by atoms with van der Waals surface area (Å²) in [6.45, 7) is 5.64. The number of halogens is 3. The van der Waals surface area contributed by atoms with E-state index in [1.807, 2.05) is 20.8 Å². The molecule has 0 saturated carbocycles. The van der Waals surface area contributed by atoms with Crippen molar-refractivity contribution in [2.45, 2.75) is 20.8 Å². The van der Waals surface area contributed by atoms with Crippen LogP contribution in [-0.2, 0) is 0 Å². The van der Waals surface area contributed by atoms with E-state index in [0.29, 0.717) is 5.17 Å². The summed E-state index contributed by atoms with van der Waals surface area (Å²) in [7, 11) is 0. The summed E-state index contributed by atoms with van der Waals surface area (Å²) >= 11 is 17.6. The van der Waals surface area contributed by atoms with Crippen molar-refractivity contribution < 1.29 is 4.92 Å². The quantitative estimate of drug-likeness (QED) is 0.488. The predicted molar refractivity (Wildman–Crippen MR) is 79.5 cm³/mol. The highest BCUT2D eigenvalue weighted by Crippen LogP contribution is 2.34. The van der Waals surface area contributed by atoms with Gasteiger partial charge in [-0.05, 0) is 6.07 Å². The number of rotatable bonds is 3. The third-order valence-electron chi connectivity index (χ3n) is 2.13. The minimum absolute atomic E-state index is 0.0357. The average molecular weight is 325 g/mol. The van der Waals surface area contributed by atoms with E-state index in [2.05, 4.69) is 10.5 Å². The minimum Gasteiger partial charge on any atom is -0.276 e. The number of nitro benzene ring substituents is 1. The highest BCUT2D eigenvalue weighted by molar-refractivity contribution is 6.66. The zero-order chi connectivity index (χ0) is 14.8. The standard InChI is InChI=1S/C11H12Cl3N3O2/c1-11(2,3)10(14)16-15-8-5-9(17(18)19)7(13)4-6(8)12/h4-5,15H,1-3H3. The maximum Gasteiger partial charge on any atom is 0.290 e. The van der Waals surface area contributed by atoms with Gasteiger partial charge in [0.25, 0.3) is 5.69 Å². The number of nitrogens with zero attached hydrogens (tertiary/aromatic N) is 2. The van der Waals surface area contributed by atoms with Gasteiger partial charge in [-0.3, -0.25) is 15.5 Å². The molecular weight excluding hydrogens is 312 g/mol. The number of anilines is 1. The molecule has 5 nitrogen and oxygen atoms in total. The van der Waals surface area contributed by atoms with Crippen LogP contribution in [-0.4, -0.2) is 10.1 Å². The van der Waals surface area contributed by atoms with Crippen molar-refractivity contribution in [2.75, 3.05) is 5.43 Å². The van der Waals surface area contributed by atoms with Gasteiger partial charge in [-0.2, -0.15) is 5.10 Å². The smallest absolute Gasteiger partial charge is 0.276 e. The first-order valence-electron chi connectivity index (χ1n) is 5.26. The molecule has 0 heterocycles. The Bertz CT molecular complexity index is 539. The molecule has 1 rings (SSSR count). The van der Waals surface area contributed by atoms with Gasteiger partial charge in [0.05, 0.1) is 15.6 Å². The maximum absolute atomic E-state index is 10.8. The molecule has 0 aromatic heterocycles. The fourth-order valence-corrected chi connectivity index (χ4v) is 1.58. The molecule has 0 spiro atoms. The molecule has 0 bridgehead atoms. The molecule has 0 amide bonds. The van der Waals surface area contributed by atoms with Crippen LogP contribution >= 0.6 is 34.8 Å². The van der Waals surface area contributed by atoms with Gasteiger partial charge in [-0.15, -0.1) is 0 Å². The second-order valence-electron chi connectivity index (χ2n) is 4.80. The van der Waals surface area contributed by atoms with E-state index < -0.39 is 4.92 Å². The van der Waals surface area contributed by atoms with Crippen molar-refractivity contribution in [1.82, 2.24) is 0 Å². The summed E-state index contributed by atoms with van der Waals surface area (Å²) in [6.07, 6.45) is 0. The summed E-state index contributed by atoms with van der Waals surface area (Å²) < 4.78 is 0. The van der Waals surface area contributed by atoms with E-state index in [4.69, 9.17) is 34.8 Å². The molecule has 0 radical (unpaired) electrons. The number of benzene rings is 1. The molecule has 1 aromatic carbocycles. The molecular formula is C11H12Cl3N3O2. The first-order chi connectivity index (χ1) is 8.62. The normalized spacial score (nSPS) is 12.4. The van der Waals surface area contributed by atoms with E-state index in [9.17, 15) is 10.1 Å². The lowest BCUT2D eigenvalue weighted by molar-refractivity contribution is -0.384. The third-order valence-corrected chi connectivity index (χ3v) is 3.39. The first-order valence-corrected chi connectivity index (χ1v) is 6.39. The van der Waals surface area contributed by atoms with Crippen LogP contribution in [0, 0.1) is 15.5 Å². The monoisotopic (exact) mass is 323 g/mol. The Labute approximate surface area is 125 Å². The lowest BCUT2D eigenvalue weighted by Crippen LogP contribution is -2.15. The van der Waals surface area contributed by atoms with E-state index >= 15 is 0 Å². The summed E-state index contributed by atoms with van der Waals surface area (Å²) in [5.74, 6) is 0. The fourth-order valence-electron chi connectivity index (χ4n) is 1.04. The highest BCUT2D eigenvalue weighted by atomic mass is 35.5. The van der Waals surface area contributed by atoms with Crippen molar-refractivity contribution in [1.29, 1.82) is 0 Å². The van der Waals surface area contributed by atoms with Crippen molar-refractivity contribution in [3.63, 3.8) is 0 Å². The number of nitro groups is 1. The van der Waals surface area contributed by atoms with E-state index in [1.165, 1.54) is 12.1 Å². The number of hydrogen-bond donors (Lipinski definition) is 1. The Balaban J connectivity index is 3.09. The Kier molecular flexibility index (Phi) is 5.01. The van der Waals surface area contributed by atoms with Crippen LogP contribution < -0.4 is 5.43 Å². The second-order valence-corrected chi connectivity index (χ2v) is 5.98. The highest BCUT2D eigenvalue weighted by Gasteiger charge is 2.18. The molecule has 1 aromatic rings. The predicted octanol–water partition coefficient (Wildman–Crippen LogP) is 4.91. The molecule has 8 heteroatoms. The number of hydrazone groups is 1. The second kappa shape index (κ2) is 5.94. The van der Waals surface area contributed by atoms with Gasteiger partial charge in [0.1, 0.15) is 10.2 Å². The van der Waals surface area contributed by atoms with E-state index in [-0.39, 0.29) is 26.8 Å². The van der Waals surface area contributed by atoms with Gasteiger partial charge in [-0.1, -0.05) is 55.6 Å². The van der Waals surface area contributed by atoms with Gasteiger partial charge in [0, 0.05) is 11.5 Å². The summed E-state index contributed by atoms with van der Waals surface area (Å²) in [5.41, 5.74) is 2.28. The van der Waals surface area contributed by atoms with Crippen LogP contribution in [0.4, 0.5) is 11.4 Å². The van der Waals surface area contributed by atoms with Crippen LogP contribution in [0.1, 0.15) is 20.8 Å². The first kappa shape index (κ1) is 16.0. The van der Waals surface area contributed by atoms with Crippen molar-refractivity contribution in [3.8, 4) is 0 Å². The number of nitrogens with one attached hydrogen (secondary N) is 1. The molecule has 0 aliphatic carbocycles. The van der Waals surface area contributed by atoms with Crippen LogP contribution in [0.3, 0.4) is 0 Å². The summed E-state index contributed by atoms with van der Waals surface area (Å²) in [5, 5.41) is 15.2. The molecule has 0 fully saturated rings. The third kappa shape index (κ3) is 4.23. The summed E-state index contributed by atoms with van der Waals surface area (Å²) in [6, 6.07) is 2.49. The van der Waals surface area contributed by atoms with Gasteiger partial charge in [0.2, 0.25) is 0 Å². The molecule has 0 aliphatic heterocycles. The van der Waals surface area contributed by atoms with Gasteiger partial charge in [0.15, 0.2) is 0 Å². The Morgan fingerprint density at radius 2 is 1.89 bits per heavy atom. The fraction of sp³-hybridized carbons (Fsp3) is 0.364. The van der Waals surface area contributed by atoms with Crippen molar-refractivity contribution >= 4 is 51.3 Å². The molecule has 0 saturated heterocycles. The average Bonchev–Trinajstić information content (AvgIpc) is 2.25. The molecule has 1 N–H and O–H groups in total. The lowest BCUT2D eigenvalue weighted by Gasteiger charge is -2.15. The van der Waals surface area contributed by atoms with E-state index in [1.54, 1.807) is 0 Å². The molecule has 0 aliphatic rings. The van der Waals surface area contributed by atoms with Crippen molar-refractivity contribution in [3.05, 3.63) is 32.3 Å².